The molecule has 1 saturated heterocycles. The normalized spacial score (nSPS) is 17.2. The van der Waals surface area contributed by atoms with Crippen LogP contribution in [0.15, 0.2) is 54.6 Å². The summed E-state index contributed by atoms with van der Waals surface area (Å²) in [5, 5.41) is 21.3. The first-order valence-electron chi connectivity index (χ1n) is 9.32. The molecule has 1 fully saturated rings. The van der Waals surface area contributed by atoms with Crippen molar-refractivity contribution in [3.8, 4) is 0 Å². The molecule has 4 nitrogen and oxygen atoms in total. The zero-order valence-corrected chi connectivity index (χ0v) is 15.9. The molecule has 2 N–H and O–H groups in total. The Kier molecular flexibility index (Phi) is 5.25. The van der Waals surface area contributed by atoms with Crippen molar-refractivity contribution in [2.45, 2.75) is 25.5 Å². The van der Waals surface area contributed by atoms with Gasteiger partial charge in [0.15, 0.2) is 0 Å². The molecule has 2 heterocycles. The summed E-state index contributed by atoms with van der Waals surface area (Å²) in [7, 11) is 0. The quantitative estimate of drug-likeness (QED) is 0.681. The van der Waals surface area contributed by atoms with Gasteiger partial charge in [0, 0.05) is 11.2 Å². The highest BCUT2D eigenvalue weighted by molar-refractivity contribution is 7.21. The number of fused-ring (bicyclic) bond motifs is 1. The third kappa shape index (κ3) is 3.76. The van der Waals surface area contributed by atoms with Crippen LogP contribution in [0.25, 0.3) is 10.1 Å². The van der Waals surface area contributed by atoms with Gasteiger partial charge >= 0.3 is 5.97 Å². The second-order valence-electron chi connectivity index (χ2n) is 7.18. The van der Waals surface area contributed by atoms with Crippen molar-refractivity contribution in [2.24, 2.45) is 5.92 Å². The molecule has 4 rings (SSSR count). The molecule has 0 amide bonds. The molecule has 0 bridgehead atoms. The topological polar surface area (TPSA) is 60.8 Å². The first-order chi connectivity index (χ1) is 13.1. The lowest BCUT2D eigenvalue weighted by molar-refractivity contribution is 0.0566. The molecule has 5 heteroatoms. The predicted molar refractivity (Wildman–Crippen MR) is 108 cm³/mol. The van der Waals surface area contributed by atoms with Gasteiger partial charge in [-0.15, -0.1) is 11.3 Å². The van der Waals surface area contributed by atoms with E-state index in [0.29, 0.717) is 11.4 Å². The lowest BCUT2D eigenvalue weighted by atomic mass is 9.87. The molecular weight excluding hydrogens is 358 g/mol. The van der Waals surface area contributed by atoms with Gasteiger partial charge in [-0.3, -0.25) is 4.90 Å². The van der Waals surface area contributed by atoms with E-state index in [9.17, 15) is 15.0 Å². The van der Waals surface area contributed by atoms with Crippen LogP contribution in [0, 0.1) is 5.92 Å². The Morgan fingerprint density at radius 2 is 1.74 bits per heavy atom. The minimum atomic E-state index is -0.847. The minimum absolute atomic E-state index is 0.252. The number of carboxylic acids is 1. The summed E-state index contributed by atoms with van der Waals surface area (Å²) in [5.41, 5.74) is 1.90. The summed E-state index contributed by atoms with van der Waals surface area (Å²) < 4.78 is 1.03. The van der Waals surface area contributed by atoms with Crippen molar-refractivity contribution in [3.05, 3.63) is 70.6 Å². The van der Waals surface area contributed by atoms with Gasteiger partial charge < -0.3 is 10.2 Å². The van der Waals surface area contributed by atoms with Crippen LogP contribution in [0.4, 0.5) is 0 Å². The highest BCUT2D eigenvalue weighted by atomic mass is 32.1. The van der Waals surface area contributed by atoms with Gasteiger partial charge in [-0.2, -0.15) is 0 Å². The number of hydrogen-bond acceptors (Lipinski definition) is 4. The van der Waals surface area contributed by atoms with Crippen molar-refractivity contribution in [2.75, 3.05) is 13.1 Å². The highest BCUT2D eigenvalue weighted by Crippen LogP contribution is 2.35. The van der Waals surface area contributed by atoms with Crippen LogP contribution in [0.3, 0.4) is 0 Å². The minimum Gasteiger partial charge on any atom is -0.477 e. The van der Waals surface area contributed by atoms with Gasteiger partial charge in [-0.05, 0) is 54.4 Å². The molecule has 0 aliphatic carbocycles. The summed E-state index contributed by atoms with van der Waals surface area (Å²) in [6.07, 6.45) is 1.41. The van der Waals surface area contributed by atoms with E-state index in [1.54, 1.807) is 0 Å². The summed E-state index contributed by atoms with van der Waals surface area (Å²) in [6.45, 7) is 2.40. The molecule has 140 valence electrons. The molecule has 0 spiro atoms. The summed E-state index contributed by atoms with van der Waals surface area (Å²) in [6, 6.07) is 17.8. The fraction of sp³-hybridized carbons (Fsp3) is 0.318. The van der Waals surface area contributed by atoms with Crippen molar-refractivity contribution in [3.63, 3.8) is 0 Å². The largest absolute Gasteiger partial charge is 0.477 e. The Labute approximate surface area is 162 Å². The second kappa shape index (κ2) is 7.80. The van der Waals surface area contributed by atoms with Crippen molar-refractivity contribution in [1.29, 1.82) is 0 Å². The Bertz CT molecular complexity index is 929. The van der Waals surface area contributed by atoms with E-state index >= 15 is 0 Å². The van der Waals surface area contributed by atoms with Crippen LogP contribution in [-0.2, 0) is 6.54 Å². The summed E-state index contributed by atoms with van der Waals surface area (Å²) >= 11 is 1.36. The number of rotatable bonds is 5. The van der Waals surface area contributed by atoms with Crippen LogP contribution < -0.4 is 0 Å². The highest BCUT2D eigenvalue weighted by Gasteiger charge is 2.27. The van der Waals surface area contributed by atoms with Gasteiger partial charge in [0.25, 0.3) is 0 Å². The zero-order chi connectivity index (χ0) is 18.8. The SMILES string of the molecule is O=C(O)c1sc2ccccc2c1CN1CCC(C(O)c2ccccc2)CC1. The number of nitrogens with zero attached hydrogens (tertiary/aromatic N) is 1. The third-order valence-electron chi connectivity index (χ3n) is 5.49. The fourth-order valence-electron chi connectivity index (χ4n) is 4.00. The molecular formula is C22H23NO3S. The van der Waals surface area contributed by atoms with E-state index in [1.807, 2.05) is 54.6 Å². The third-order valence-corrected chi connectivity index (χ3v) is 6.70. The molecule has 1 aromatic heterocycles. The summed E-state index contributed by atoms with van der Waals surface area (Å²) in [5.74, 6) is -0.595. The van der Waals surface area contributed by atoms with E-state index in [2.05, 4.69) is 4.90 Å². The second-order valence-corrected chi connectivity index (χ2v) is 8.23. The number of likely N-dealkylation sites (tertiary alicyclic amines) is 1. The van der Waals surface area contributed by atoms with E-state index in [0.717, 1.165) is 47.1 Å². The van der Waals surface area contributed by atoms with Gasteiger partial charge in [0.2, 0.25) is 0 Å². The number of benzene rings is 2. The van der Waals surface area contributed by atoms with E-state index in [-0.39, 0.29) is 5.92 Å². The first kappa shape index (κ1) is 18.2. The van der Waals surface area contributed by atoms with E-state index in [1.165, 1.54) is 11.3 Å². The number of hydrogen-bond donors (Lipinski definition) is 2. The van der Waals surface area contributed by atoms with Gasteiger partial charge in [0.1, 0.15) is 4.88 Å². The molecule has 0 saturated carbocycles. The lowest BCUT2D eigenvalue weighted by Crippen LogP contribution is -2.35. The fourth-order valence-corrected chi connectivity index (χ4v) is 5.05. The average molecular weight is 381 g/mol. The Hall–Kier alpha value is -2.21. The standard InChI is InChI=1S/C22H23NO3S/c24-20(15-6-2-1-3-7-15)16-10-12-23(13-11-16)14-18-17-8-4-5-9-19(17)27-21(18)22(25)26/h1-9,16,20,24H,10-14H2,(H,25,26). The zero-order valence-electron chi connectivity index (χ0n) is 15.0. The van der Waals surface area contributed by atoms with Crippen LogP contribution >= 0.6 is 11.3 Å². The molecule has 1 aliphatic heterocycles. The predicted octanol–water partition coefficient (Wildman–Crippen LogP) is 4.55. The Morgan fingerprint density at radius 3 is 2.44 bits per heavy atom. The molecule has 0 radical (unpaired) electrons. The average Bonchev–Trinajstić information content (AvgIpc) is 3.08. The maximum absolute atomic E-state index is 11.7. The van der Waals surface area contributed by atoms with Gasteiger partial charge in [0.05, 0.1) is 6.10 Å². The number of aliphatic hydroxyl groups is 1. The number of carbonyl (C=O) groups is 1. The monoisotopic (exact) mass is 381 g/mol. The van der Waals surface area contributed by atoms with E-state index in [4.69, 9.17) is 0 Å². The van der Waals surface area contributed by atoms with Crippen molar-refractivity contribution >= 4 is 27.4 Å². The molecule has 27 heavy (non-hydrogen) atoms. The Balaban J connectivity index is 1.46. The number of thiophene rings is 1. The number of carboxylic acid groups (broad SMARTS) is 1. The summed E-state index contributed by atoms with van der Waals surface area (Å²) in [4.78, 5) is 14.5. The lowest BCUT2D eigenvalue weighted by Gasteiger charge is -2.34. The molecule has 2 aromatic carbocycles. The number of aromatic carboxylic acids is 1. The Morgan fingerprint density at radius 1 is 1.07 bits per heavy atom. The van der Waals surface area contributed by atoms with Crippen LogP contribution in [0.2, 0.25) is 0 Å². The maximum atomic E-state index is 11.7. The van der Waals surface area contributed by atoms with Gasteiger partial charge in [-0.25, -0.2) is 4.79 Å². The van der Waals surface area contributed by atoms with Crippen LogP contribution in [0.1, 0.15) is 39.7 Å². The van der Waals surface area contributed by atoms with Crippen LogP contribution in [-0.4, -0.2) is 34.2 Å². The number of piperidine rings is 1. The van der Waals surface area contributed by atoms with Gasteiger partial charge in [-0.1, -0.05) is 48.5 Å². The smallest absolute Gasteiger partial charge is 0.346 e. The molecule has 1 atom stereocenters. The maximum Gasteiger partial charge on any atom is 0.346 e. The first-order valence-corrected chi connectivity index (χ1v) is 10.1. The van der Waals surface area contributed by atoms with Crippen molar-refractivity contribution in [1.82, 2.24) is 4.90 Å². The molecule has 3 aromatic rings. The molecule has 1 unspecified atom stereocenters. The van der Waals surface area contributed by atoms with Crippen molar-refractivity contribution < 1.29 is 15.0 Å². The number of aliphatic hydroxyl groups excluding tert-OH is 1. The van der Waals surface area contributed by atoms with Crippen LogP contribution in [0.5, 0.6) is 0 Å². The molecule has 1 aliphatic rings. The van der Waals surface area contributed by atoms with E-state index < -0.39 is 12.1 Å².